The fraction of sp³-hybridized carbons (Fsp3) is 0.727. The van der Waals surface area contributed by atoms with Gasteiger partial charge in [-0.3, -0.25) is 14.8 Å². The first-order chi connectivity index (χ1) is 8.66. The molecule has 4 N–H and O–H groups in total. The summed E-state index contributed by atoms with van der Waals surface area (Å²) in [5, 5.41) is 5.52. The summed E-state index contributed by atoms with van der Waals surface area (Å²) < 4.78 is 0. The number of hydrogen-bond acceptors (Lipinski definition) is 5. The molecule has 0 aliphatic heterocycles. The molecule has 0 fully saturated rings. The van der Waals surface area contributed by atoms with Gasteiger partial charge in [0.2, 0.25) is 5.91 Å². The van der Waals surface area contributed by atoms with Crippen LogP contribution in [0.1, 0.15) is 6.42 Å². The zero-order valence-electron chi connectivity index (χ0n) is 11.2. The van der Waals surface area contributed by atoms with Gasteiger partial charge in [0.05, 0.1) is 19.2 Å². The van der Waals surface area contributed by atoms with Gasteiger partial charge in [-0.25, -0.2) is 0 Å². The molecule has 0 unspecified atom stereocenters. The van der Waals surface area contributed by atoms with Crippen molar-refractivity contribution in [2.75, 3.05) is 46.8 Å². The van der Waals surface area contributed by atoms with E-state index in [0.29, 0.717) is 19.6 Å². The van der Waals surface area contributed by atoms with Crippen molar-refractivity contribution in [3.8, 4) is 0 Å². The van der Waals surface area contributed by atoms with Gasteiger partial charge >= 0.3 is 0 Å². The molecule has 104 valence electrons. The normalized spacial score (nSPS) is 11.6. The number of rotatable bonds is 10. The van der Waals surface area contributed by atoms with E-state index >= 15 is 0 Å². The second kappa shape index (κ2) is 12.0. The second-order valence-electron chi connectivity index (χ2n) is 3.97. The van der Waals surface area contributed by atoms with Crippen LogP contribution in [0.5, 0.6) is 0 Å². The lowest BCUT2D eigenvalue weighted by Gasteiger charge is -2.09. The highest BCUT2D eigenvalue weighted by atomic mass is 16.1. The zero-order valence-corrected chi connectivity index (χ0v) is 11.2. The predicted octanol–water partition coefficient (Wildman–Crippen LogP) is -1.34. The molecule has 0 heterocycles. The third-order valence-corrected chi connectivity index (χ3v) is 1.93. The molecule has 1 amide bonds. The molecule has 0 aromatic carbocycles. The molecule has 0 radical (unpaired) electrons. The Labute approximate surface area is 109 Å². The van der Waals surface area contributed by atoms with Crippen LogP contribution in [0, 0.1) is 0 Å². The Morgan fingerprint density at radius 2 is 2.06 bits per heavy atom. The van der Waals surface area contributed by atoms with Crippen LogP contribution in [-0.2, 0) is 4.79 Å². The standard InChI is InChI=1S/C11H24N6O/c1-17(2)7-3-5-16-11(18)8-14-10-15-9-13-6-4-12/h9-10H,3-8,12H2,1-2H3,(H,16,18)(H,13,14,15). The summed E-state index contributed by atoms with van der Waals surface area (Å²) in [4.78, 5) is 21.2. The molecule has 0 aliphatic rings. The van der Waals surface area contributed by atoms with E-state index in [-0.39, 0.29) is 12.5 Å². The average molecular weight is 256 g/mol. The van der Waals surface area contributed by atoms with Gasteiger partial charge in [0, 0.05) is 13.1 Å². The number of amides is 1. The monoisotopic (exact) mass is 256 g/mol. The highest BCUT2D eigenvalue weighted by Gasteiger charge is 1.97. The maximum Gasteiger partial charge on any atom is 0.241 e. The Kier molecular flexibility index (Phi) is 11.0. The third kappa shape index (κ3) is 12.6. The number of nitrogens with one attached hydrogen (secondary N) is 2. The van der Waals surface area contributed by atoms with Gasteiger partial charge in [0.25, 0.3) is 0 Å². The van der Waals surface area contributed by atoms with Gasteiger partial charge < -0.3 is 21.3 Å². The maximum absolute atomic E-state index is 11.3. The first-order valence-corrected chi connectivity index (χ1v) is 6.01. The minimum Gasteiger partial charge on any atom is -0.354 e. The molecule has 7 heteroatoms. The maximum atomic E-state index is 11.3. The quantitative estimate of drug-likeness (QED) is 0.256. The SMILES string of the molecule is CN(C)CCCNC(=O)CN=CNC=NCCN. The van der Waals surface area contributed by atoms with E-state index in [0.717, 1.165) is 13.0 Å². The summed E-state index contributed by atoms with van der Waals surface area (Å²) in [6, 6.07) is 0. The molecule has 0 saturated carbocycles. The van der Waals surface area contributed by atoms with Gasteiger partial charge in [-0.1, -0.05) is 0 Å². The van der Waals surface area contributed by atoms with E-state index < -0.39 is 0 Å². The minimum absolute atomic E-state index is 0.0781. The predicted molar refractivity (Wildman–Crippen MR) is 75.1 cm³/mol. The molecule has 0 bridgehead atoms. The van der Waals surface area contributed by atoms with Crippen LogP contribution in [0.2, 0.25) is 0 Å². The second-order valence-corrected chi connectivity index (χ2v) is 3.97. The lowest BCUT2D eigenvalue weighted by atomic mass is 10.4. The Morgan fingerprint density at radius 3 is 2.72 bits per heavy atom. The van der Waals surface area contributed by atoms with Crippen molar-refractivity contribution in [2.45, 2.75) is 6.42 Å². The van der Waals surface area contributed by atoms with Crippen LogP contribution >= 0.6 is 0 Å². The Balaban J connectivity index is 3.43. The van der Waals surface area contributed by atoms with E-state index in [4.69, 9.17) is 5.73 Å². The molecular formula is C11H24N6O. The Hall–Kier alpha value is -1.47. The van der Waals surface area contributed by atoms with Gasteiger partial charge in [-0.2, -0.15) is 0 Å². The van der Waals surface area contributed by atoms with Crippen LogP contribution in [0.15, 0.2) is 9.98 Å². The molecule has 0 atom stereocenters. The van der Waals surface area contributed by atoms with E-state index in [9.17, 15) is 4.79 Å². The average Bonchev–Trinajstić information content (AvgIpc) is 2.33. The summed E-state index contributed by atoms with van der Waals surface area (Å²) in [5.74, 6) is -0.0781. The van der Waals surface area contributed by atoms with E-state index in [1.165, 1.54) is 12.7 Å². The van der Waals surface area contributed by atoms with Crippen molar-refractivity contribution < 1.29 is 4.79 Å². The minimum atomic E-state index is -0.0781. The molecule has 0 aromatic heterocycles. The first-order valence-electron chi connectivity index (χ1n) is 6.01. The fourth-order valence-electron chi connectivity index (χ4n) is 1.09. The van der Waals surface area contributed by atoms with Crippen LogP contribution in [0.3, 0.4) is 0 Å². The van der Waals surface area contributed by atoms with Crippen molar-refractivity contribution in [1.82, 2.24) is 15.5 Å². The highest BCUT2D eigenvalue weighted by Crippen LogP contribution is 1.80. The first kappa shape index (κ1) is 16.5. The molecule has 0 aliphatic carbocycles. The Morgan fingerprint density at radius 1 is 1.33 bits per heavy atom. The topological polar surface area (TPSA) is 95.1 Å². The van der Waals surface area contributed by atoms with E-state index in [2.05, 4.69) is 25.5 Å². The van der Waals surface area contributed by atoms with Crippen LogP contribution in [0.25, 0.3) is 0 Å². The van der Waals surface area contributed by atoms with E-state index in [1.807, 2.05) is 14.1 Å². The van der Waals surface area contributed by atoms with Crippen molar-refractivity contribution in [3.63, 3.8) is 0 Å². The molecule has 0 aromatic rings. The smallest absolute Gasteiger partial charge is 0.241 e. The molecule has 0 spiro atoms. The number of nitrogens with zero attached hydrogens (tertiary/aromatic N) is 3. The number of carbonyl (C=O) groups excluding carboxylic acids is 1. The molecule has 7 nitrogen and oxygen atoms in total. The highest BCUT2D eigenvalue weighted by molar-refractivity contribution is 5.81. The van der Waals surface area contributed by atoms with E-state index in [1.54, 1.807) is 0 Å². The number of nitrogens with two attached hydrogens (primary N) is 1. The number of hydrogen-bond donors (Lipinski definition) is 3. The van der Waals surface area contributed by atoms with Gasteiger partial charge in [0.15, 0.2) is 0 Å². The molecule has 18 heavy (non-hydrogen) atoms. The Bertz CT molecular complexity index is 264. The third-order valence-electron chi connectivity index (χ3n) is 1.93. The largest absolute Gasteiger partial charge is 0.354 e. The zero-order chi connectivity index (χ0) is 13.6. The van der Waals surface area contributed by atoms with Crippen LogP contribution in [0.4, 0.5) is 0 Å². The van der Waals surface area contributed by atoms with Crippen molar-refractivity contribution in [3.05, 3.63) is 0 Å². The van der Waals surface area contributed by atoms with Crippen LogP contribution < -0.4 is 16.4 Å². The molecular weight excluding hydrogens is 232 g/mol. The van der Waals surface area contributed by atoms with Crippen molar-refractivity contribution in [2.24, 2.45) is 15.7 Å². The summed E-state index contributed by atoms with van der Waals surface area (Å²) in [6.07, 6.45) is 3.89. The molecule has 0 saturated heterocycles. The van der Waals surface area contributed by atoms with Crippen LogP contribution in [-0.4, -0.2) is 70.3 Å². The fourth-order valence-corrected chi connectivity index (χ4v) is 1.09. The van der Waals surface area contributed by atoms with Gasteiger partial charge in [-0.05, 0) is 27.1 Å². The lowest BCUT2D eigenvalue weighted by Crippen LogP contribution is -2.29. The summed E-state index contributed by atoms with van der Waals surface area (Å²) in [6.45, 7) is 2.86. The van der Waals surface area contributed by atoms with Gasteiger partial charge in [-0.15, -0.1) is 0 Å². The van der Waals surface area contributed by atoms with Crippen molar-refractivity contribution >= 4 is 18.6 Å². The summed E-state index contributed by atoms with van der Waals surface area (Å²) in [5.41, 5.74) is 5.25. The number of aliphatic imine (C=N–C) groups is 2. The van der Waals surface area contributed by atoms with Gasteiger partial charge in [0.1, 0.15) is 6.54 Å². The lowest BCUT2D eigenvalue weighted by molar-refractivity contribution is -0.119. The van der Waals surface area contributed by atoms with Crippen molar-refractivity contribution in [1.29, 1.82) is 0 Å². The summed E-state index contributed by atoms with van der Waals surface area (Å²) in [7, 11) is 4.01. The molecule has 0 rings (SSSR count). The summed E-state index contributed by atoms with van der Waals surface area (Å²) >= 11 is 0. The number of carbonyl (C=O) groups is 1.